The molecule has 11 heteroatoms. The molecule has 0 bridgehead atoms. The molecule has 0 aliphatic carbocycles. The van der Waals surface area contributed by atoms with Crippen LogP contribution in [-0.2, 0) is 10.9 Å². The number of rotatable bonds is 5. The number of nitrogens with zero attached hydrogens (tertiary/aromatic N) is 2. The third-order valence-electron chi connectivity index (χ3n) is 4.37. The molecule has 156 valence electrons. The zero-order chi connectivity index (χ0) is 21.0. The van der Waals surface area contributed by atoms with Gasteiger partial charge in [0.15, 0.2) is 5.69 Å². The van der Waals surface area contributed by atoms with Crippen LogP contribution in [0.3, 0.4) is 0 Å². The normalized spacial score (nSPS) is 15.2. The summed E-state index contributed by atoms with van der Waals surface area (Å²) >= 11 is 5.76. The Hall–Kier alpha value is -2.46. The first kappa shape index (κ1) is 21.3. The van der Waals surface area contributed by atoms with Crippen LogP contribution >= 0.6 is 11.6 Å². The maximum Gasteiger partial charge on any atom is 0.434 e. The molecular weight excluding hydrogens is 416 g/mol. The minimum atomic E-state index is -4.91. The monoisotopic (exact) mass is 432 g/mol. The molecule has 0 radical (unpaired) electrons. The van der Waals surface area contributed by atoms with Crippen LogP contribution in [0.4, 0.5) is 29.2 Å². The number of carbonyl (C=O) groups is 1. The van der Waals surface area contributed by atoms with Crippen molar-refractivity contribution in [2.45, 2.75) is 19.0 Å². The number of benzene rings is 1. The van der Waals surface area contributed by atoms with Crippen molar-refractivity contribution in [3.8, 4) is 0 Å². The molecule has 0 spiro atoms. The molecule has 2 N–H and O–H groups in total. The van der Waals surface area contributed by atoms with Gasteiger partial charge >= 0.3 is 6.18 Å². The van der Waals surface area contributed by atoms with Gasteiger partial charge in [-0.15, -0.1) is 0 Å². The van der Waals surface area contributed by atoms with Gasteiger partial charge in [0.25, 0.3) is 5.91 Å². The Kier molecular flexibility index (Phi) is 6.53. The van der Waals surface area contributed by atoms with Gasteiger partial charge in [0.2, 0.25) is 5.95 Å². The molecule has 29 heavy (non-hydrogen) atoms. The lowest BCUT2D eigenvalue weighted by atomic mass is 10.0. The number of halogens is 5. The highest BCUT2D eigenvalue weighted by Gasteiger charge is 2.38. The lowest BCUT2D eigenvalue weighted by molar-refractivity contribution is -0.141. The average Bonchev–Trinajstić information content (AvgIpc) is 2.69. The number of nitrogens with one attached hydrogen (secondary N) is 2. The maximum atomic E-state index is 13.8. The molecule has 0 saturated carbocycles. The summed E-state index contributed by atoms with van der Waals surface area (Å²) in [6.45, 7) is 1.34. The molecule has 1 aliphatic rings. The largest absolute Gasteiger partial charge is 0.434 e. The Labute approximate surface area is 168 Å². The van der Waals surface area contributed by atoms with E-state index < -0.39 is 35.1 Å². The SMILES string of the molecule is O=C(NCC1CCOCC1)c1cnc(Nc2cc(Cl)ccc2F)nc1C(F)(F)F. The van der Waals surface area contributed by atoms with Crippen LogP contribution < -0.4 is 10.6 Å². The maximum absolute atomic E-state index is 13.8. The molecule has 1 aliphatic heterocycles. The summed E-state index contributed by atoms with van der Waals surface area (Å²) in [5.41, 5.74) is -2.31. The first-order valence-corrected chi connectivity index (χ1v) is 9.14. The van der Waals surface area contributed by atoms with E-state index in [0.29, 0.717) is 13.2 Å². The Morgan fingerprint density at radius 2 is 2.00 bits per heavy atom. The fourth-order valence-corrected chi connectivity index (χ4v) is 2.99. The van der Waals surface area contributed by atoms with Crippen LogP contribution in [0.2, 0.25) is 5.02 Å². The van der Waals surface area contributed by atoms with E-state index >= 15 is 0 Å². The minimum Gasteiger partial charge on any atom is -0.381 e. The zero-order valence-corrected chi connectivity index (χ0v) is 15.8. The number of anilines is 2. The summed E-state index contributed by atoms with van der Waals surface area (Å²) < 4.78 is 59.4. The van der Waals surface area contributed by atoms with Crippen molar-refractivity contribution >= 4 is 29.1 Å². The first-order chi connectivity index (χ1) is 13.7. The summed E-state index contributed by atoms with van der Waals surface area (Å²) in [5, 5.41) is 5.02. The van der Waals surface area contributed by atoms with Gasteiger partial charge in [-0.2, -0.15) is 13.2 Å². The van der Waals surface area contributed by atoms with Crippen LogP contribution in [-0.4, -0.2) is 35.6 Å². The molecule has 0 unspecified atom stereocenters. The van der Waals surface area contributed by atoms with Crippen molar-refractivity contribution in [3.05, 3.63) is 46.5 Å². The Morgan fingerprint density at radius 3 is 2.69 bits per heavy atom. The molecule has 2 heterocycles. The number of ether oxygens (including phenoxy) is 1. The quantitative estimate of drug-likeness (QED) is 0.693. The molecule has 1 aromatic heterocycles. The van der Waals surface area contributed by atoms with Crippen LogP contribution in [0.1, 0.15) is 28.9 Å². The van der Waals surface area contributed by atoms with E-state index in [0.717, 1.165) is 25.1 Å². The molecule has 1 aromatic carbocycles. The molecule has 3 rings (SSSR count). The number of hydrogen-bond acceptors (Lipinski definition) is 5. The van der Waals surface area contributed by atoms with Gasteiger partial charge in [-0.1, -0.05) is 11.6 Å². The van der Waals surface area contributed by atoms with Gasteiger partial charge in [0.05, 0.1) is 11.3 Å². The highest BCUT2D eigenvalue weighted by atomic mass is 35.5. The minimum absolute atomic E-state index is 0.134. The molecular formula is C18H17ClF4N4O2. The smallest absolute Gasteiger partial charge is 0.381 e. The fraction of sp³-hybridized carbons (Fsp3) is 0.389. The Balaban J connectivity index is 1.80. The highest BCUT2D eigenvalue weighted by molar-refractivity contribution is 6.30. The summed E-state index contributed by atoms with van der Waals surface area (Å²) in [5.74, 6) is -2.05. The van der Waals surface area contributed by atoms with E-state index in [-0.39, 0.29) is 23.2 Å². The fourth-order valence-electron chi connectivity index (χ4n) is 2.82. The van der Waals surface area contributed by atoms with Gasteiger partial charge in [0.1, 0.15) is 5.82 Å². The number of amides is 1. The van der Waals surface area contributed by atoms with E-state index in [1.807, 2.05) is 0 Å². The predicted molar refractivity (Wildman–Crippen MR) is 97.6 cm³/mol. The Morgan fingerprint density at radius 1 is 1.28 bits per heavy atom. The topological polar surface area (TPSA) is 76.1 Å². The standard InChI is InChI=1S/C18H17ClF4N4O2/c19-11-1-2-13(20)14(7-11)26-17-25-9-12(15(27-17)18(21,22)23)16(28)24-8-10-3-5-29-6-4-10/h1-2,7,9-10H,3-6,8H2,(H,24,28)(H,25,26,27). The molecule has 1 fully saturated rings. The van der Waals surface area contributed by atoms with E-state index in [4.69, 9.17) is 16.3 Å². The molecule has 2 aromatic rings. The molecule has 1 amide bonds. The van der Waals surface area contributed by atoms with Crippen LogP contribution in [0.15, 0.2) is 24.4 Å². The van der Waals surface area contributed by atoms with Gasteiger partial charge in [-0.3, -0.25) is 4.79 Å². The van der Waals surface area contributed by atoms with E-state index in [9.17, 15) is 22.4 Å². The van der Waals surface area contributed by atoms with Crippen LogP contribution in [0.25, 0.3) is 0 Å². The second kappa shape index (κ2) is 8.91. The van der Waals surface area contributed by atoms with Crippen LogP contribution in [0.5, 0.6) is 0 Å². The second-order valence-electron chi connectivity index (χ2n) is 6.47. The molecule has 6 nitrogen and oxygen atoms in total. The summed E-state index contributed by atoms with van der Waals surface area (Å²) in [4.78, 5) is 19.4. The van der Waals surface area contributed by atoms with E-state index in [1.165, 1.54) is 12.1 Å². The van der Waals surface area contributed by atoms with Crippen molar-refractivity contribution < 1.29 is 27.1 Å². The number of alkyl halides is 3. The van der Waals surface area contributed by atoms with Gasteiger partial charge in [0, 0.05) is 31.0 Å². The zero-order valence-electron chi connectivity index (χ0n) is 15.0. The van der Waals surface area contributed by atoms with Gasteiger partial charge in [-0.25, -0.2) is 14.4 Å². The van der Waals surface area contributed by atoms with Crippen molar-refractivity contribution in [3.63, 3.8) is 0 Å². The number of hydrogen-bond donors (Lipinski definition) is 2. The molecule has 1 saturated heterocycles. The van der Waals surface area contributed by atoms with E-state index in [1.54, 1.807) is 0 Å². The van der Waals surface area contributed by atoms with E-state index in [2.05, 4.69) is 20.6 Å². The predicted octanol–water partition coefficient (Wildman–Crippen LogP) is 4.19. The summed E-state index contributed by atoms with van der Waals surface area (Å²) in [6, 6.07) is 3.52. The van der Waals surface area contributed by atoms with Gasteiger partial charge in [-0.05, 0) is 37.0 Å². The molecule has 0 atom stereocenters. The lowest BCUT2D eigenvalue weighted by Crippen LogP contribution is -2.33. The van der Waals surface area contributed by atoms with Crippen molar-refractivity contribution in [2.75, 3.05) is 25.1 Å². The number of carbonyl (C=O) groups excluding carboxylic acids is 1. The second-order valence-corrected chi connectivity index (χ2v) is 6.91. The Bertz CT molecular complexity index is 889. The third kappa shape index (κ3) is 5.54. The highest BCUT2D eigenvalue weighted by Crippen LogP contribution is 2.31. The third-order valence-corrected chi connectivity index (χ3v) is 4.60. The lowest BCUT2D eigenvalue weighted by Gasteiger charge is -2.22. The first-order valence-electron chi connectivity index (χ1n) is 8.76. The number of aromatic nitrogens is 2. The summed E-state index contributed by atoms with van der Waals surface area (Å²) in [6.07, 6.45) is -2.70. The van der Waals surface area contributed by atoms with Gasteiger partial charge < -0.3 is 15.4 Å². The van der Waals surface area contributed by atoms with Crippen LogP contribution in [0, 0.1) is 11.7 Å². The van der Waals surface area contributed by atoms with Crippen molar-refractivity contribution in [2.24, 2.45) is 5.92 Å². The average molecular weight is 433 g/mol. The van der Waals surface area contributed by atoms with Crippen molar-refractivity contribution in [1.29, 1.82) is 0 Å². The van der Waals surface area contributed by atoms with Crippen molar-refractivity contribution in [1.82, 2.24) is 15.3 Å². The summed E-state index contributed by atoms with van der Waals surface area (Å²) in [7, 11) is 0.